The number of fused-ring (bicyclic) bond motifs is 6. The number of anilines is 6. The van der Waals surface area contributed by atoms with Gasteiger partial charge in [0.25, 0.3) is 0 Å². The molecular formula is C92H64N6Si2. The summed E-state index contributed by atoms with van der Waals surface area (Å²) in [6, 6.07) is 144. The van der Waals surface area contributed by atoms with Crippen LogP contribution in [0.15, 0.2) is 388 Å². The monoisotopic (exact) mass is 1310 g/mol. The lowest BCUT2D eigenvalue weighted by atomic mass is 10.1. The predicted molar refractivity (Wildman–Crippen MR) is 423 cm³/mol. The van der Waals surface area contributed by atoms with Crippen molar-refractivity contribution in [2.24, 2.45) is 0 Å². The second-order valence-corrected chi connectivity index (χ2v) is 33.0. The number of hydrogen-bond acceptors (Lipinski definition) is 3. The first-order valence-corrected chi connectivity index (χ1v) is 37.8. The van der Waals surface area contributed by atoms with Crippen LogP contribution in [0.1, 0.15) is 5.56 Å². The molecule has 100 heavy (non-hydrogen) atoms. The minimum atomic E-state index is -3.01. The molecule has 8 heteroatoms. The highest BCUT2D eigenvalue weighted by Gasteiger charge is 2.43. The molecule has 0 fully saturated rings. The van der Waals surface area contributed by atoms with E-state index in [-0.39, 0.29) is 0 Å². The van der Waals surface area contributed by atoms with Gasteiger partial charge >= 0.3 is 0 Å². The van der Waals surface area contributed by atoms with Crippen molar-refractivity contribution in [1.82, 2.24) is 9.13 Å². The average Bonchev–Trinajstić information content (AvgIpc) is 1.51. The number of nitrogens with zero attached hydrogens (tertiary/aromatic N) is 6. The lowest BCUT2D eigenvalue weighted by Gasteiger charge is -2.34. The first-order valence-electron chi connectivity index (χ1n) is 33.8. The van der Waals surface area contributed by atoms with Gasteiger partial charge in [-0.05, 0) is 175 Å². The molecule has 0 bridgehead atoms. The summed E-state index contributed by atoms with van der Waals surface area (Å²) in [6.45, 7) is 7.94. The van der Waals surface area contributed by atoms with E-state index >= 15 is 0 Å². The van der Waals surface area contributed by atoms with Gasteiger partial charge in [0, 0.05) is 67.0 Å². The molecule has 0 saturated carbocycles. The topological polar surface area (TPSA) is 44.5 Å². The summed E-state index contributed by atoms with van der Waals surface area (Å²) in [4.78, 5) is 8.56. The highest BCUT2D eigenvalue weighted by Crippen LogP contribution is 2.44. The fourth-order valence-corrected chi connectivity index (χ4v) is 25.2. The van der Waals surface area contributed by atoms with Crippen LogP contribution in [-0.4, -0.2) is 25.3 Å². The van der Waals surface area contributed by atoms with Gasteiger partial charge in [0.05, 0.1) is 40.3 Å². The maximum Gasteiger partial charge on any atom is 0.187 e. The summed E-state index contributed by atoms with van der Waals surface area (Å²) in [5.41, 5.74) is 13.4. The summed E-state index contributed by atoms with van der Waals surface area (Å²) in [5, 5.41) is 24.9. The molecule has 6 nitrogen and oxygen atoms in total. The molecule has 0 atom stereocenters. The van der Waals surface area contributed by atoms with Gasteiger partial charge in [0.15, 0.2) is 21.8 Å². The third-order valence-corrected chi connectivity index (χ3v) is 29.6. The lowest BCUT2D eigenvalue weighted by molar-refractivity contribution is 1.18. The number of aromatic nitrogens is 2. The maximum absolute atomic E-state index is 10.1. The Morgan fingerprint density at radius 1 is 0.260 bits per heavy atom. The highest BCUT2D eigenvalue weighted by atomic mass is 28.3. The number of benzene rings is 15. The third-order valence-electron chi connectivity index (χ3n) is 20.0. The van der Waals surface area contributed by atoms with Crippen molar-refractivity contribution in [3.63, 3.8) is 0 Å². The van der Waals surface area contributed by atoms with Crippen molar-refractivity contribution in [2.45, 2.75) is 0 Å². The van der Waals surface area contributed by atoms with Gasteiger partial charge < -0.3 is 18.9 Å². The summed E-state index contributed by atoms with van der Waals surface area (Å²) >= 11 is 0. The fourth-order valence-electron chi connectivity index (χ4n) is 15.6. The Kier molecular flexibility index (Phi) is 15.6. The minimum Gasteiger partial charge on any atom is -0.311 e. The molecule has 2 aromatic heterocycles. The average molecular weight is 1310 g/mol. The van der Waals surface area contributed by atoms with E-state index in [4.69, 9.17) is 6.57 Å². The van der Waals surface area contributed by atoms with Crippen LogP contribution in [0.4, 0.5) is 39.8 Å². The molecule has 0 N–H and O–H groups in total. The van der Waals surface area contributed by atoms with E-state index in [0.717, 1.165) is 89.1 Å². The molecule has 2 heterocycles. The number of rotatable bonds is 16. The Balaban J connectivity index is 0.942. The summed E-state index contributed by atoms with van der Waals surface area (Å²) < 4.78 is 4.73. The van der Waals surface area contributed by atoms with E-state index in [1.807, 2.05) is 24.3 Å². The Labute approximate surface area is 584 Å². The normalized spacial score (nSPS) is 11.6. The first kappa shape index (κ1) is 60.6. The van der Waals surface area contributed by atoms with Crippen LogP contribution in [0.3, 0.4) is 0 Å². The van der Waals surface area contributed by atoms with Crippen LogP contribution in [0.5, 0.6) is 0 Å². The molecule has 17 rings (SSSR count). The Bertz CT molecular complexity index is 5340. The largest absolute Gasteiger partial charge is 0.311 e. The van der Waals surface area contributed by atoms with E-state index in [0.29, 0.717) is 11.3 Å². The molecule has 0 aliphatic rings. The standard InChI is InChI=1S/C92H64N6Si2/c1-94-68-44-48-74(49-45-68)98-90-59-55-76(63-86(90)88-65-84(57-61-92(88)98)100(80-36-20-7-21-37-80,81-38-22-8-23-39-81)82-40-24-9-25-41-82)96(72-52-50-71(51-53-72)95(69-26-10-2-11-27-69)70-28-12-3-13-29-70)75-54-58-89-85(62-75)87-64-83(56-60-91(87)97(89)73-46-42-67(66-93)43-47-73)99(77-30-14-4-15-31-77,78-32-16-5-17-33-78)79-34-18-6-19-35-79/h2-65H. The second kappa shape index (κ2) is 25.8. The van der Waals surface area contributed by atoms with E-state index in [1.54, 1.807) is 0 Å². The quantitative estimate of drug-likeness (QED) is 0.0550. The van der Waals surface area contributed by atoms with E-state index in [9.17, 15) is 5.26 Å². The van der Waals surface area contributed by atoms with Crippen LogP contribution < -0.4 is 51.3 Å². The zero-order chi connectivity index (χ0) is 67.0. The van der Waals surface area contributed by atoms with Crippen LogP contribution in [0, 0.1) is 17.9 Å². The maximum atomic E-state index is 10.1. The second-order valence-electron chi connectivity index (χ2n) is 25.4. The van der Waals surface area contributed by atoms with Crippen LogP contribution in [0.25, 0.3) is 59.8 Å². The SMILES string of the molecule is [C-]#[N+]c1ccc(-n2c3ccc(N(c4ccc(N(c5ccccc5)c5ccccc5)cc4)c4ccc5c(c4)c4cc([Si](c6ccccc6)(c6ccccc6)c6ccccc6)ccc4n5-c4ccc(C#N)cc4)cc3c3cc([Si](c4ccccc4)(c4ccccc4)c4ccccc4)ccc32)cc1. The van der Waals surface area contributed by atoms with E-state index in [2.05, 4.69) is 394 Å². The van der Waals surface area contributed by atoms with Gasteiger partial charge in [-0.3, -0.25) is 0 Å². The van der Waals surface area contributed by atoms with Crippen molar-refractivity contribution in [2.75, 3.05) is 9.80 Å². The first-order chi connectivity index (χ1) is 49.5. The Hall–Kier alpha value is -13.1. The zero-order valence-corrected chi connectivity index (χ0v) is 56.6. The number of para-hydroxylation sites is 2. The van der Waals surface area contributed by atoms with Gasteiger partial charge in [0.2, 0.25) is 0 Å². The van der Waals surface area contributed by atoms with Crippen molar-refractivity contribution >= 4 is 141 Å². The van der Waals surface area contributed by atoms with Crippen LogP contribution in [-0.2, 0) is 0 Å². The van der Waals surface area contributed by atoms with Crippen molar-refractivity contribution in [3.05, 3.63) is 405 Å². The molecule has 0 radical (unpaired) electrons. The summed E-state index contributed by atoms with van der Waals surface area (Å²) in [5.74, 6) is 0. The van der Waals surface area contributed by atoms with Gasteiger partial charge in [-0.2, -0.15) is 5.26 Å². The zero-order valence-electron chi connectivity index (χ0n) is 54.6. The number of nitriles is 1. The van der Waals surface area contributed by atoms with Gasteiger partial charge in [0.1, 0.15) is 0 Å². The van der Waals surface area contributed by atoms with E-state index < -0.39 is 16.1 Å². The minimum absolute atomic E-state index is 0.592. The third kappa shape index (κ3) is 10.3. The predicted octanol–water partition coefficient (Wildman–Crippen LogP) is 18.0. The molecule has 0 aliphatic carbocycles. The summed E-state index contributed by atoms with van der Waals surface area (Å²) in [6.07, 6.45) is 0. The molecule has 17 aromatic rings. The number of hydrogen-bond donors (Lipinski definition) is 0. The van der Waals surface area contributed by atoms with E-state index in [1.165, 1.54) is 41.5 Å². The molecular weight excluding hydrogens is 1250 g/mol. The lowest BCUT2D eigenvalue weighted by Crippen LogP contribution is -2.74. The highest BCUT2D eigenvalue weighted by molar-refractivity contribution is 7.20. The van der Waals surface area contributed by atoms with Crippen LogP contribution >= 0.6 is 0 Å². The molecule has 0 spiro atoms. The molecule has 0 saturated heterocycles. The molecule has 0 amide bonds. The van der Waals surface area contributed by atoms with Crippen molar-refractivity contribution in [1.29, 1.82) is 5.26 Å². The molecule has 0 unspecified atom stereocenters. The summed E-state index contributed by atoms with van der Waals surface area (Å²) in [7, 11) is -6.03. The van der Waals surface area contributed by atoms with Gasteiger partial charge in [-0.1, -0.05) is 255 Å². The van der Waals surface area contributed by atoms with Crippen molar-refractivity contribution in [3.8, 4) is 17.4 Å². The molecule has 15 aromatic carbocycles. The van der Waals surface area contributed by atoms with Crippen molar-refractivity contribution < 1.29 is 0 Å². The molecule has 0 aliphatic heterocycles. The van der Waals surface area contributed by atoms with Gasteiger partial charge in [-0.25, -0.2) is 4.85 Å². The smallest absolute Gasteiger partial charge is 0.187 e. The van der Waals surface area contributed by atoms with Crippen LogP contribution in [0.2, 0.25) is 0 Å². The fraction of sp³-hybridized carbons (Fsp3) is 0. The van der Waals surface area contributed by atoms with Gasteiger partial charge in [-0.15, -0.1) is 0 Å². The Morgan fingerprint density at radius 2 is 0.520 bits per heavy atom. The Morgan fingerprint density at radius 3 is 0.830 bits per heavy atom. The molecule has 470 valence electrons.